The molecule has 1 N–H and O–H groups in total. The highest BCUT2D eigenvalue weighted by atomic mass is 35.5. The molecule has 4 aromatic rings. The number of hydrogen-bond acceptors (Lipinski definition) is 6. The first-order valence-electron chi connectivity index (χ1n) is 12.1. The van der Waals surface area contributed by atoms with Gasteiger partial charge in [0.25, 0.3) is 5.91 Å². The molecule has 0 aliphatic carbocycles. The molecule has 9 heteroatoms. The van der Waals surface area contributed by atoms with Gasteiger partial charge in [-0.1, -0.05) is 73.5 Å². The lowest BCUT2D eigenvalue weighted by atomic mass is 10.2. The lowest BCUT2D eigenvalue weighted by Crippen LogP contribution is -2.20. The second-order valence-corrected chi connectivity index (χ2v) is 9.57. The van der Waals surface area contributed by atoms with Gasteiger partial charge in [-0.25, -0.2) is 5.43 Å². The van der Waals surface area contributed by atoms with E-state index in [0.29, 0.717) is 22.6 Å². The molecular weight excluding hydrogens is 506 g/mol. The summed E-state index contributed by atoms with van der Waals surface area (Å²) in [5.74, 6) is 1.39. The fourth-order valence-electron chi connectivity index (χ4n) is 3.49. The van der Waals surface area contributed by atoms with Crippen molar-refractivity contribution in [2.75, 3.05) is 12.4 Å². The minimum Gasteiger partial charge on any atom is -0.494 e. The zero-order valence-electron chi connectivity index (χ0n) is 20.5. The predicted molar refractivity (Wildman–Crippen MR) is 150 cm³/mol. The molecule has 7 nitrogen and oxygen atoms in total. The van der Waals surface area contributed by atoms with Gasteiger partial charge in [0.2, 0.25) is 0 Å². The van der Waals surface area contributed by atoms with Crippen molar-refractivity contribution in [3.63, 3.8) is 0 Å². The van der Waals surface area contributed by atoms with E-state index >= 15 is 0 Å². The molecule has 0 saturated heterocycles. The summed E-state index contributed by atoms with van der Waals surface area (Å²) in [6, 6.07) is 24.8. The Kier molecular flexibility index (Phi) is 9.74. The van der Waals surface area contributed by atoms with Crippen molar-refractivity contribution < 1.29 is 9.53 Å². The molecule has 3 aromatic carbocycles. The number of hydrogen-bond donors (Lipinski definition) is 1. The highest BCUT2D eigenvalue weighted by Gasteiger charge is 2.17. The van der Waals surface area contributed by atoms with Crippen LogP contribution in [0.5, 0.6) is 5.75 Å². The molecule has 37 heavy (non-hydrogen) atoms. The summed E-state index contributed by atoms with van der Waals surface area (Å²) in [5, 5.41) is 14.0. The van der Waals surface area contributed by atoms with Crippen molar-refractivity contribution in [3.05, 3.63) is 89.4 Å². The number of halogens is 1. The van der Waals surface area contributed by atoms with Crippen LogP contribution in [0.4, 0.5) is 0 Å². The van der Waals surface area contributed by atoms with E-state index in [1.807, 2.05) is 83.4 Å². The molecule has 0 fully saturated rings. The Morgan fingerprint density at radius 2 is 1.78 bits per heavy atom. The van der Waals surface area contributed by atoms with Crippen LogP contribution in [0.1, 0.15) is 31.7 Å². The standard InChI is InChI=1S/C28H28ClN5O2S/c1-2-3-7-18-36-25-16-10-21(11-17-25)19-30-31-26(35)20-37-28-33-32-27(22-8-5-4-6-9-22)34(28)24-14-12-23(29)13-15-24/h4-6,8-17,19H,2-3,7,18,20H2,1H3,(H,31,35)/b30-19+. The van der Waals surface area contributed by atoms with Gasteiger partial charge in [0.05, 0.1) is 18.6 Å². The maximum Gasteiger partial charge on any atom is 0.250 e. The fourth-order valence-corrected chi connectivity index (χ4v) is 4.36. The van der Waals surface area contributed by atoms with Gasteiger partial charge < -0.3 is 4.74 Å². The molecule has 0 saturated carbocycles. The van der Waals surface area contributed by atoms with Crippen molar-refractivity contribution in [1.82, 2.24) is 20.2 Å². The summed E-state index contributed by atoms with van der Waals surface area (Å²) < 4.78 is 7.64. The molecule has 0 aliphatic rings. The molecule has 1 heterocycles. The number of unbranched alkanes of at least 4 members (excludes halogenated alkanes) is 2. The van der Waals surface area contributed by atoms with Crippen molar-refractivity contribution in [2.24, 2.45) is 5.10 Å². The summed E-state index contributed by atoms with van der Waals surface area (Å²) in [4.78, 5) is 12.5. The SMILES string of the molecule is CCCCCOc1ccc(/C=N/NC(=O)CSc2nnc(-c3ccccc3)n2-c2ccc(Cl)cc2)cc1. The van der Waals surface area contributed by atoms with Gasteiger partial charge in [0.15, 0.2) is 11.0 Å². The van der Waals surface area contributed by atoms with E-state index in [0.717, 1.165) is 35.4 Å². The van der Waals surface area contributed by atoms with Crippen LogP contribution in [-0.4, -0.2) is 39.2 Å². The quantitative estimate of drug-likeness (QED) is 0.0986. The first-order valence-corrected chi connectivity index (χ1v) is 13.4. The smallest absolute Gasteiger partial charge is 0.250 e. The lowest BCUT2D eigenvalue weighted by molar-refractivity contribution is -0.118. The first kappa shape index (κ1) is 26.4. The van der Waals surface area contributed by atoms with Crippen molar-refractivity contribution in [1.29, 1.82) is 0 Å². The average Bonchev–Trinajstić information content (AvgIpc) is 3.36. The monoisotopic (exact) mass is 533 g/mol. The molecule has 0 unspecified atom stereocenters. The maximum atomic E-state index is 12.5. The van der Waals surface area contributed by atoms with E-state index in [1.165, 1.54) is 18.2 Å². The van der Waals surface area contributed by atoms with Crippen molar-refractivity contribution >= 4 is 35.5 Å². The van der Waals surface area contributed by atoms with Crippen LogP contribution in [0.15, 0.2) is 89.1 Å². The van der Waals surface area contributed by atoms with E-state index in [9.17, 15) is 4.79 Å². The second kappa shape index (κ2) is 13.6. The Morgan fingerprint density at radius 1 is 1.03 bits per heavy atom. The number of carbonyl (C=O) groups is 1. The maximum absolute atomic E-state index is 12.5. The summed E-state index contributed by atoms with van der Waals surface area (Å²) in [6.45, 7) is 2.88. The summed E-state index contributed by atoms with van der Waals surface area (Å²) in [5.41, 5.74) is 5.21. The number of ether oxygens (including phenoxy) is 1. The fraction of sp³-hybridized carbons (Fsp3) is 0.214. The van der Waals surface area contributed by atoms with Crippen LogP contribution in [0.2, 0.25) is 5.02 Å². The van der Waals surface area contributed by atoms with E-state index in [1.54, 1.807) is 6.21 Å². The van der Waals surface area contributed by atoms with Crippen LogP contribution < -0.4 is 10.2 Å². The molecule has 0 aliphatic heterocycles. The van der Waals surface area contributed by atoms with Gasteiger partial charge >= 0.3 is 0 Å². The van der Waals surface area contributed by atoms with Crippen LogP contribution in [0.25, 0.3) is 17.1 Å². The molecule has 0 spiro atoms. The van der Waals surface area contributed by atoms with Crippen LogP contribution in [0, 0.1) is 0 Å². The summed E-state index contributed by atoms with van der Waals surface area (Å²) in [6.07, 6.45) is 4.98. The third-order valence-electron chi connectivity index (χ3n) is 5.38. The molecule has 1 aromatic heterocycles. The number of nitrogens with zero attached hydrogens (tertiary/aromatic N) is 4. The zero-order valence-corrected chi connectivity index (χ0v) is 22.1. The Hall–Kier alpha value is -3.62. The Balaban J connectivity index is 1.36. The molecule has 4 rings (SSSR count). The van der Waals surface area contributed by atoms with Crippen LogP contribution in [0.3, 0.4) is 0 Å². The zero-order chi connectivity index (χ0) is 25.9. The Labute approximate surface area is 225 Å². The first-order chi connectivity index (χ1) is 18.1. The number of nitrogens with one attached hydrogen (secondary N) is 1. The number of benzene rings is 3. The normalized spacial score (nSPS) is 11.1. The third kappa shape index (κ3) is 7.68. The molecule has 1 amide bonds. The molecule has 0 atom stereocenters. The topological polar surface area (TPSA) is 81.4 Å². The lowest BCUT2D eigenvalue weighted by Gasteiger charge is -2.10. The number of aromatic nitrogens is 3. The van der Waals surface area contributed by atoms with Gasteiger partial charge in [0.1, 0.15) is 5.75 Å². The van der Waals surface area contributed by atoms with Crippen LogP contribution >= 0.6 is 23.4 Å². The van der Waals surface area contributed by atoms with Gasteiger partial charge in [0, 0.05) is 16.3 Å². The summed E-state index contributed by atoms with van der Waals surface area (Å²) in [7, 11) is 0. The highest BCUT2D eigenvalue weighted by molar-refractivity contribution is 7.99. The number of amides is 1. The number of thioether (sulfide) groups is 1. The number of carbonyl (C=O) groups excluding carboxylic acids is 1. The van der Waals surface area contributed by atoms with E-state index < -0.39 is 0 Å². The van der Waals surface area contributed by atoms with E-state index in [2.05, 4.69) is 27.6 Å². The molecular formula is C28H28ClN5O2S. The van der Waals surface area contributed by atoms with Gasteiger partial charge in [-0.15, -0.1) is 10.2 Å². The Morgan fingerprint density at radius 3 is 2.51 bits per heavy atom. The largest absolute Gasteiger partial charge is 0.494 e. The average molecular weight is 534 g/mol. The highest BCUT2D eigenvalue weighted by Crippen LogP contribution is 2.28. The minimum absolute atomic E-state index is 0.127. The van der Waals surface area contributed by atoms with Gasteiger partial charge in [-0.05, 0) is 60.5 Å². The van der Waals surface area contributed by atoms with Gasteiger partial charge in [-0.3, -0.25) is 9.36 Å². The van der Waals surface area contributed by atoms with E-state index in [4.69, 9.17) is 16.3 Å². The number of hydrazone groups is 1. The third-order valence-corrected chi connectivity index (χ3v) is 6.56. The molecule has 0 bridgehead atoms. The summed E-state index contributed by atoms with van der Waals surface area (Å²) >= 11 is 7.37. The molecule has 0 radical (unpaired) electrons. The van der Waals surface area contributed by atoms with Crippen molar-refractivity contribution in [2.45, 2.75) is 31.3 Å². The minimum atomic E-state index is -0.246. The second-order valence-electron chi connectivity index (χ2n) is 8.19. The van der Waals surface area contributed by atoms with E-state index in [-0.39, 0.29) is 11.7 Å². The molecule has 190 valence electrons. The predicted octanol–water partition coefficient (Wildman–Crippen LogP) is 6.40. The Bertz CT molecular complexity index is 1310. The van der Waals surface area contributed by atoms with Crippen LogP contribution in [-0.2, 0) is 4.79 Å². The van der Waals surface area contributed by atoms with Crippen molar-refractivity contribution in [3.8, 4) is 22.8 Å². The van der Waals surface area contributed by atoms with Gasteiger partial charge in [-0.2, -0.15) is 5.10 Å². The number of rotatable bonds is 12.